The van der Waals surface area contributed by atoms with Crippen LogP contribution in [0.5, 0.6) is 0 Å². The number of rotatable bonds is 6. The first-order valence-electron chi connectivity index (χ1n) is 7.98. The lowest BCUT2D eigenvalue weighted by Crippen LogP contribution is -2.43. The largest absolute Gasteiger partial charge is 0.357 e. The molecule has 3 N–H and O–H groups in total. The number of halogens is 2. The van der Waals surface area contributed by atoms with Gasteiger partial charge in [-0.05, 0) is 67.7 Å². The summed E-state index contributed by atoms with van der Waals surface area (Å²) in [5, 5.41) is 9.14. The molecule has 24 heavy (non-hydrogen) atoms. The molecule has 0 saturated carbocycles. The highest BCUT2D eigenvalue weighted by molar-refractivity contribution is 9.10. The molecule has 0 saturated heterocycles. The molecule has 0 aliphatic carbocycles. The molecule has 0 fully saturated rings. The summed E-state index contributed by atoms with van der Waals surface area (Å²) >= 11 is 3.18. The number of benzene rings is 1. The van der Waals surface area contributed by atoms with E-state index in [2.05, 4.69) is 36.9 Å². The van der Waals surface area contributed by atoms with Crippen molar-refractivity contribution in [1.82, 2.24) is 16.0 Å². The molecule has 5 nitrogen and oxygen atoms in total. The van der Waals surface area contributed by atoms with Gasteiger partial charge in [0.1, 0.15) is 12.4 Å². The minimum atomic E-state index is -0.272. The van der Waals surface area contributed by atoms with Crippen LogP contribution in [0.25, 0.3) is 0 Å². The van der Waals surface area contributed by atoms with E-state index < -0.39 is 0 Å². The smallest absolute Gasteiger partial charge is 0.242 e. The molecule has 1 amide bonds. The molecule has 0 aliphatic heterocycles. The number of nitrogens with zero attached hydrogens (tertiary/aromatic N) is 1. The Morgan fingerprint density at radius 1 is 1.29 bits per heavy atom. The Morgan fingerprint density at radius 2 is 2.00 bits per heavy atom. The van der Waals surface area contributed by atoms with E-state index in [1.54, 1.807) is 12.1 Å². The van der Waals surface area contributed by atoms with Gasteiger partial charge in [0.25, 0.3) is 0 Å². The fraction of sp³-hybridized carbons (Fsp3) is 0.529. The average Bonchev–Trinajstić information content (AvgIpc) is 2.46. The molecule has 1 aromatic carbocycles. The van der Waals surface area contributed by atoms with Crippen LogP contribution in [0.4, 0.5) is 4.39 Å². The third-order valence-electron chi connectivity index (χ3n) is 2.93. The van der Waals surface area contributed by atoms with E-state index in [0.29, 0.717) is 23.5 Å². The maximum atomic E-state index is 13.2. The molecular weight excluding hydrogens is 375 g/mol. The summed E-state index contributed by atoms with van der Waals surface area (Å²) in [5.41, 5.74) is 0.742. The number of aliphatic imine (C=N–C) groups is 1. The highest BCUT2D eigenvalue weighted by atomic mass is 79.9. The standard InChI is InChI=1S/C17H26BrFN4O/c1-5-20-16(22-11-15(24)23-17(2,3)4)21-9-8-12-6-7-14(19)13(18)10-12/h6-7,10H,5,8-9,11H2,1-4H3,(H,23,24)(H2,20,21,22). The minimum Gasteiger partial charge on any atom is -0.357 e. The van der Waals surface area contributed by atoms with E-state index in [1.807, 2.05) is 27.7 Å². The van der Waals surface area contributed by atoms with Crippen molar-refractivity contribution < 1.29 is 9.18 Å². The maximum absolute atomic E-state index is 13.2. The Bertz CT molecular complexity index is 584. The highest BCUT2D eigenvalue weighted by Gasteiger charge is 2.13. The molecule has 1 rings (SSSR count). The highest BCUT2D eigenvalue weighted by Crippen LogP contribution is 2.16. The van der Waals surface area contributed by atoms with Gasteiger partial charge in [-0.2, -0.15) is 0 Å². The predicted molar refractivity (Wildman–Crippen MR) is 99.7 cm³/mol. The second-order valence-electron chi connectivity index (χ2n) is 6.42. The van der Waals surface area contributed by atoms with Crippen LogP contribution in [-0.2, 0) is 11.2 Å². The Hall–Kier alpha value is -1.63. The summed E-state index contributed by atoms with van der Waals surface area (Å²) in [6.45, 7) is 9.15. The third kappa shape index (κ3) is 8.29. The van der Waals surface area contributed by atoms with E-state index in [4.69, 9.17) is 0 Å². The number of carbonyl (C=O) groups excluding carboxylic acids is 1. The molecule has 0 aliphatic rings. The number of guanidine groups is 1. The van der Waals surface area contributed by atoms with E-state index in [9.17, 15) is 9.18 Å². The van der Waals surface area contributed by atoms with Crippen LogP contribution in [0, 0.1) is 5.82 Å². The first-order valence-corrected chi connectivity index (χ1v) is 8.77. The van der Waals surface area contributed by atoms with Gasteiger partial charge in [0.15, 0.2) is 5.96 Å². The topological polar surface area (TPSA) is 65.5 Å². The van der Waals surface area contributed by atoms with Gasteiger partial charge in [-0.25, -0.2) is 9.38 Å². The number of hydrogen-bond donors (Lipinski definition) is 3. The molecule has 0 spiro atoms. The fourth-order valence-corrected chi connectivity index (χ4v) is 2.40. The van der Waals surface area contributed by atoms with Crippen LogP contribution in [0.3, 0.4) is 0 Å². The van der Waals surface area contributed by atoms with E-state index in [0.717, 1.165) is 12.0 Å². The summed E-state index contributed by atoms with van der Waals surface area (Å²) in [6.07, 6.45) is 0.720. The molecule has 0 aromatic heterocycles. The van der Waals surface area contributed by atoms with Crippen molar-refractivity contribution in [2.75, 3.05) is 19.6 Å². The summed E-state index contributed by atoms with van der Waals surface area (Å²) < 4.78 is 13.7. The van der Waals surface area contributed by atoms with Crippen LogP contribution in [0.2, 0.25) is 0 Å². The Morgan fingerprint density at radius 3 is 2.58 bits per heavy atom. The molecule has 0 heterocycles. The Labute approximate surface area is 151 Å². The summed E-state index contributed by atoms with van der Waals surface area (Å²) in [7, 11) is 0. The molecule has 0 radical (unpaired) electrons. The molecule has 0 bridgehead atoms. The van der Waals surface area contributed by atoms with Crippen LogP contribution in [0.1, 0.15) is 33.3 Å². The van der Waals surface area contributed by atoms with Crippen molar-refractivity contribution in [3.8, 4) is 0 Å². The summed E-state index contributed by atoms with van der Waals surface area (Å²) in [5.74, 6) is 0.191. The normalized spacial score (nSPS) is 12.0. The monoisotopic (exact) mass is 400 g/mol. The molecule has 0 unspecified atom stereocenters. The van der Waals surface area contributed by atoms with E-state index >= 15 is 0 Å². The van der Waals surface area contributed by atoms with Gasteiger partial charge in [-0.15, -0.1) is 0 Å². The SMILES string of the molecule is CCNC(=NCC(=O)NC(C)(C)C)NCCc1ccc(F)c(Br)c1. The van der Waals surface area contributed by atoms with Crippen LogP contribution in [-0.4, -0.2) is 37.0 Å². The quantitative estimate of drug-likeness (QED) is 0.507. The zero-order valence-electron chi connectivity index (χ0n) is 14.7. The predicted octanol–water partition coefficient (Wildman–Crippen LogP) is 2.60. The van der Waals surface area contributed by atoms with Crippen LogP contribution < -0.4 is 16.0 Å². The summed E-state index contributed by atoms with van der Waals surface area (Å²) in [6, 6.07) is 4.95. The number of amides is 1. The zero-order chi connectivity index (χ0) is 18.2. The Balaban J connectivity index is 2.51. The van der Waals surface area contributed by atoms with Crippen LogP contribution >= 0.6 is 15.9 Å². The van der Waals surface area contributed by atoms with Crippen molar-refractivity contribution in [3.63, 3.8) is 0 Å². The maximum Gasteiger partial charge on any atom is 0.242 e. The number of hydrogen-bond acceptors (Lipinski definition) is 2. The minimum absolute atomic E-state index is 0.0642. The van der Waals surface area contributed by atoms with E-state index in [1.165, 1.54) is 6.07 Å². The molecular formula is C17H26BrFN4O. The van der Waals surface area contributed by atoms with Crippen molar-refractivity contribution in [1.29, 1.82) is 0 Å². The van der Waals surface area contributed by atoms with Crippen molar-refractivity contribution in [3.05, 3.63) is 34.1 Å². The number of nitrogens with one attached hydrogen (secondary N) is 3. The van der Waals surface area contributed by atoms with Gasteiger partial charge in [-0.3, -0.25) is 4.79 Å². The van der Waals surface area contributed by atoms with Crippen LogP contribution in [0.15, 0.2) is 27.7 Å². The Kier molecular flexibility index (Phi) is 8.18. The van der Waals surface area contributed by atoms with Crippen molar-refractivity contribution >= 4 is 27.8 Å². The second-order valence-corrected chi connectivity index (χ2v) is 7.27. The molecule has 1 aromatic rings. The zero-order valence-corrected chi connectivity index (χ0v) is 16.3. The lowest BCUT2D eigenvalue weighted by molar-refractivity contribution is -0.121. The van der Waals surface area contributed by atoms with Gasteiger partial charge < -0.3 is 16.0 Å². The second kappa shape index (κ2) is 9.61. The van der Waals surface area contributed by atoms with E-state index in [-0.39, 0.29) is 23.8 Å². The first kappa shape index (κ1) is 20.4. The average molecular weight is 401 g/mol. The van der Waals surface area contributed by atoms with Gasteiger partial charge in [0, 0.05) is 18.6 Å². The third-order valence-corrected chi connectivity index (χ3v) is 3.54. The van der Waals surface area contributed by atoms with Gasteiger partial charge in [-0.1, -0.05) is 6.07 Å². The van der Waals surface area contributed by atoms with Crippen molar-refractivity contribution in [2.45, 2.75) is 39.7 Å². The number of carbonyl (C=O) groups is 1. The summed E-state index contributed by atoms with van der Waals surface area (Å²) in [4.78, 5) is 16.1. The fourth-order valence-electron chi connectivity index (χ4n) is 1.97. The molecule has 0 atom stereocenters. The lowest BCUT2D eigenvalue weighted by Gasteiger charge is -2.20. The molecule has 134 valence electrons. The van der Waals surface area contributed by atoms with Gasteiger partial charge in [0.05, 0.1) is 4.47 Å². The first-order chi connectivity index (χ1) is 11.2. The molecule has 7 heteroatoms. The van der Waals surface area contributed by atoms with Gasteiger partial charge >= 0.3 is 0 Å². The van der Waals surface area contributed by atoms with Gasteiger partial charge in [0.2, 0.25) is 5.91 Å². The van der Waals surface area contributed by atoms with Crippen molar-refractivity contribution in [2.24, 2.45) is 4.99 Å². The lowest BCUT2D eigenvalue weighted by atomic mass is 10.1.